The molecule has 0 aromatic heterocycles. The zero-order valence-corrected chi connectivity index (χ0v) is 7.95. The number of fused-ring (bicyclic) bond motifs is 1. The number of aliphatic hydroxyl groups is 4. The number of nitrogens with zero attached hydrogens (tertiary/aromatic N) is 1. The predicted octanol–water partition coefficient (Wildman–Crippen LogP) is -2.09. The highest BCUT2D eigenvalue weighted by Gasteiger charge is 2.51. The Labute approximate surface area is 82.6 Å². The van der Waals surface area contributed by atoms with Crippen molar-refractivity contribution in [1.29, 1.82) is 0 Å². The van der Waals surface area contributed by atoms with Crippen molar-refractivity contribution < 1.29 is 20.4 Å². The summed E-state index contributed by atoms with van der Waals surface area (Å²) in [7, 11) is 0. The van der Waals surface area contributed by atoms with E-state index < -0.39 is 30.4 Å². The lowest BCUT2D eigenvalue weighted by Crippen LogP contribution is -2.51. The Bertz CT molecular complexity index is 213. The van der Waals surface area contributed by atoms with Gasteiger partial charge in [-0.25, -0.2) is 0 Å². The second kappa shape index (κ2) is 3.75. The Balaban J connectivity index is 2.19. The normalized spacial score (nSPS) is 49.3. The van der Waals surface area contributed by atoms with E-state index in [-0.39, 0.29) is 6.61 Å². The fraction of sp³-hybridized carbons (Fsp3) is 1.00. The molecule has 0 aromatic rings. The largest absolute Gasteiger partial charge is 0.395 e. The molecule has 2 fully saturated rings. The van der Waals surface area contributed by atoms with Gasteiger partial charge in [-0.2, -0.15) is 0 Å². The van der Waals surface area contributed by atoms with Crippen LogP contribution in [0.1, 0.15) is 12.8 Å². The van der Waals surface area contributed by atoms with Gasteiger partial charge in [-0.3, -0.25) is 4.90 Å². The molecule has 0 unspecified atom stereocenters. The van der Waals surface area contributed by atoms with E-state index in [4.69, 9.17) is 5.11 Å². The predicted molar refractivity (Wildman–Crippen MR) is 48.6 cm³/mol. The zero-order valence-electron chi connectivity index (χ0n) is 7.95. The van der Waals surface area contributed by atoms with Gasteiger partial charge in [-0.05, 0) is 19.4 Å². The molecule has 0 saturated carbocycles. The van der Waals surface area contributed by atoms with Crippen LogP contribution in [0.15, 0.2) is 0 Å². The van der Waals surface area contributed by atoms with Gasteiger partial charge in [0.25, 0.3) is 0 Å². The van der Waals surface area contributed by atoms with Gasteiger partial charge in [0.05, 0.1) is 37.0 Å². The van der Waals surface area contributed by atoms with E-state index in [1.165, 1.54) is 0 Å². The summed E-state index contributed by atoms with van der Waals surface area (Å²) in [6.45, 7) is 0.544. The highest BCUT2D eigenvalue weighted by atomic mass is 16.3. The van der Waals surface area contributed by atoms with Crippen LogP contribution >= 0.6 is 0 Å². The molecule has 2 rings (SSSR count). The molecular weight excluding hydrogens is 186 g/mol. The van der Waals surface area contributed by atoms with Gasteiger partial charge in [0, 0.05) is 0 Å². The Morgan fingerprint density at radius 2 is 1.86 bits per heavy atom. The van der Waals surface area contributed by atoms with Gasteiger partial charge in [0.1, 0.15) is 0 Å². The minimum Gasteiger partial charge on any atom is -0.395 e. The lowest BCUT2D eigenvalue weighted by molar-refractivity contribution is -0.0300. The highest BCUT2D eigenvalue weighted by molar-refractivity contribution is 5.05. The zero-order chi connectivity index (χ0) is 10.3. The maximum Gasteiger partial charge on any atom is 0.0995 e. The molecule has 0 radical (unpaired) electrons. The topological polar surface area (TPSA) is 84.2 Å². The summed E-state index contributed by atoms with van der Waals surface area (Å²) in [5, 5.41) is 38.1. The molecule has 82 valence electrons. The first-order valence-electron chi connectivity index (χ1n) is 5.07. The molecule has 0 aromatic carbocycles. The summed E-state index contributed by atoms with van der Waals surface area (Å²) in [5.41, 5.74) is 0. The van der Waals surface area contributed by atoms with Crippen LogP contribution in [-0.2, 0) is 0 Å². The molecule has 5 atom stereocenters. The number of aliphatic hydroxyl groups excluding tert-OH is 4. The van der Waals surface area contributed by atoms with Crippen LogP contribution in [0.25, 0.3) is 0 Å². The minimum absolute atomic E-state index is 0.179. The van der Waals surface area contributed by atoms with Crippen LogP contribution in [0.2, 0.25) is 0 Å². The van der Waals surface area contributed by atoms with Crippen LogP contribution in [0.5, 0.6) is 0 Å². The monoisotopic (exact) mass is 203 g/mol. The molecule has 0 spiro atoms. The van der Waals surface area contributed by atoms with Crippen LogP contribution in [-0.4, -0.2) is 68.9 Å². The Morgan fingerprint density at radius 1 is 1.14 bits per heavy atom. The SMILES string of the molecule is OC[C@@H]1[C@@H](O)[C@H](O)[C@H]2[C@@H](O)CCCN21. The second-order valence-electron chi connectivity index (χ2n) is 4.17. The molecule has 2 aliphatic heterocycles. The summed E-state index contributed by atoms with van der Waals surface area (Å²) in [6, 6.07) is -0.833. The molecular formula is C9H17NO4. The van der Waals surface area contributed by atoms with E-state index in [0.29, 0.717) is 6.42 Å². The summed E-state index contributed by atoms with van der Waals surface area (Å²) in [5.74, 6) is 0. The fourth-order valence-electron chi connectivity index (χ4n) is 2.67. The summed E-state index contributed by atoms with van der Waals surface area (Å²) in [6.07, 6.45) is -0.985. The van der Waals surface area contributed by atoms with Crippen molar-refractivity contribution in [2.75, 3.05) is 13.2 Å². The van der Waals surface area contributed by atoms with E-state index in [1.54, 1.807) is 0 Å². The summed E-state index contributed by atoms with van der Waals surface area (Å²) >= 11 is 0. The number of rotatable bonds is 1. The molecule has 5 heteroatoms. The van der Waals surface area contributed by atoms with Crippen molar-refractivity contribution in [1.82, 2.24) is 4.90 Å². The first-order valence-corrected chi connectivity index (χ1v) is 5.07. The maximum absolute atomic E-state index is 9.70. The van der Waals surface area contributed by atoms with Gasteiger partial charge >= 0.3 is 0 Å². The van der Waals surface area contributed by atoms with Gasteiger partial charge in [0.15, 0.2) is 0 Å². The summed E-state index contributed by atoms with van der Waals surface area (Å²) < 4.78 is 0. The first-order chi connectivity index (χ1) is 6.66. The van der Waals surface area contributed by atoms with Gasteiger partial charge in [0.2, 0.25) is 0 Å². The molecule has 0 bridgehead atoms. The number of piperidine rings is 1. The van der Waals surface area contributed by atoms with Crippen molar-refractivity contribution in [3.8, 4) is 0 Å². The van der Waals surface area contributed by atoms with E-state index in [1.807, 2.05) is 4.90 Å². The van der Waals surface area contributed by atoms with Crippen molar-refractivity contribution >= 4 is 0 Å². The number of hydrogen-bond donors (Lipinski definition) is 4. The van der Waals surface area contributed by atoms with Crippen LogP contribution in [0.3, 0.4) is 0 Å². The molecule has 0 amide bonds. The molecule has 5 nitrogen and oxygen atoms in total. The fourth-order valence-corrected chi connectivity index (χ4v) is 2.67. The Hall–Kier alpha value is -0.200. The molecule has 2 aliphatic rings. The quantitative estimate of drug-likeness (QED) is 0.393. The average molecular weight is 203 g/mol. The Morgan fingerprint density at radius 3 is 2.50 bits per heavy atom. The second-order valence-corrected chi connectivity index (χ2v) is 4.17. The van der Waals surface area contributed by atoms with Crippen molar-refractivity contribution in [2.24, 2.45) is 0 Å². The van der Waals surface area contributed by atoms with E-state index in [2.05, 4.69) is 0 Å². The molecule has 0 aliphatic carbocycles. The van der Waals surface area contributed by atoms with Crippen molar-refractivity contribution in [3.63, 3.8) is 0 Å². The molecule has 14 heavy (non-hydrogen) atoms. The van der Waals surface area contributed by atoms with Crippen LogP contribution in [0.4, 0.5) is 0 Å². The summed E-state index contributed by atoms with van der Waals surface area (Å²) in [4.78, 5) is 1.82. The maximum atomic E-state index is 9.70. The van der Waals surface area contributed by atoms with Gasteiger partial charge < -0.3 is 20.4 Å². The molecule has 2 heterocycles. The Kier molecular flexibility index (Phi) is 2.77. The van der Waals surface area contributed by atoms with E-state index in [0.717, 1.165) is 13.0 Å². The van der Waals surface area contributed by atoms with E-state index in [9.17, 15) is 15.3 Å². The van der Waals surface area contributed by atoms with Gasteiger partial charge in [-0.15, -0.1) is 0 Å². The van der Waals surface area contributed by atoms with Gasteiger partial charge in [-0.1, -0.05) is 0 Å². The molecule has 2 saturated heterocycles. The van der Waals surface area contributed by atoms with Crippen molar-refractivity contribution in [3.05, 3.63) is 0 Å². The third kappa shape index (κ3) is 1.36. The first kappa shape index (κ1) is 10.3. The lowest BCUT2D eigenvalue weighted by Gasteiger charge is -2.36. The standard InChI is InChI=1S/C9H17NO4/c11-4-5-8(13)9(14)7-6(12)2-1-3-10(5)7/h5-9,11-14H,1-4H2/t5-,6+,7-,8-,9-/m1/s1. The smallest absolute Gasteiger partial charge is 0.0995 e. The lowest BCUT2D eigenvalue weighted by atomic mass is 9.97. The molecule has 4 N–H and O–H groups in total. The number of hydrogen-bond acceptors (Lipinski definition) is 5. The van der Waals surface area contributed by atoms with Crippen LogP contribution in [0, 0.1) is 0 Å². The average Bonchev–Trinajstić information content (AvgIpc) is 2.41. The third-order valence-corrected chi connectivity index (χ3v) is 3.40. The van der Waals surface area contributed by atoms with E-state index >= 15 is 0 Å². The van der Waals surface area contributed by atoms with Crippen LogP contribution < -0.4 is 0 Å². The van der Waals surface area contributed by atoms with Crippen molar-refractivity contribution in [2.45, 2.75) is 43.2 Å². The minimum atomic E-state index is -0.947. The highest BCUT2D eigenvalue weighted by Crippen LogP contribution is 2.32. The third-order valence-electron chi connectivity index (χ3n) is 3.40.